The molecule has 2 unspecified atom stereocenters. The van der Waals surface area contributed by atoms with Crippen LogP contribution in [0.4, 0.5) is 0 Å². The predicted molar refractivity (Wildman–Crippen MR) is 56.9 cm³/mol. The maximum Gasteiger partial charge on any atom is 0.0945 e. The van der Waals surface area contributed by atoms with Gasteiger partial charge in [-0.15, -0.1) is 0 Å². The minimum atomic E-state index is -0.716. The Morgan fingerprint density at radius 1 is 1.40 bits per heavy atom. The van der Waals surface area contributed by atoms with Gasteiger partial charge in [0.05, 0.1) is 24.7 Å². The first-order valence-electron chi connectivity index (χ1n) is 4.84. The van der Waals surface area contributed by atoms with Crippen LogP contribution in [0, 0.1) is 17.2 Å². The Balaban J connectivity index is 2.76. The molecule has 1 aromatic rings. The van der Waals surface area contributed by atoms with Crippen molar-refractivity contribution in [3.63, 3.8) is 0 Å². The molecule has 0 heterocycles. The molecule has 0 aliphatic rings. The summed E-state index contributed by atoms with van der Waals surface area (Å²) in [6.07, 6.45) is -0.716. The Hall–Kier alpha value is -1.37. The molecule has 1 N–H and O–H groups in total. The smallest absolute Gasteiger partial charge is 0.0945 e. The monoisotopic (exact) mass is 205 g/mol. The molecule has 0 fully saturated rings. The normalized spacial score (nSPS) is 14.3. The number of methoxy groups -OCH3 is 1. The van der Waals surface area contributed by atoms with E-state index in [2.05, 4.69) is 0 Å². The number of hydrogen-bond acceptors (Lipinski definition) is 3. The highest BCUT2D eigenvalue weighted by atomic mass is 16.5. The van der Waals surface area contributed by atoms with Crippen LogP contribution in [0.15, 0.2) is 24.3 Å². The van der Waals surface area contributed by atoms with Crippen molar-refractivity contribution >= 4 is 0 Å². The number of hydrogen-bond donors (Lipinski definition) is 1. The average molecular weight is 205 g/mol. The van der Waals surface area contributed by atoms with E-state index >= 15 is 0 Å². The molecule has 0 amide bonds. The number of nitriles is 1. The second kappa shape index (κ2) is 5.50. The Morgan fingerprint density at radius 2 is 2.00 bits per heavy atom. The van der Waals surface area contributed by atoms with Gasteiger partial charge in [0.25, 0.3) is 0 Å². The molecule has 0 aliphatic carbocycles. The largest absolute Gasteiger partial charge is 0.387 e. The number of rotatable bonds is 4. The molecule has 80 valence electrons. The van der Waals surface area contributed by atoms with Crippen molar-refractivity contribution < 1.29 is 9.84 Å². The van der Waals surface area contributed by atoms with E-state index in [1.165, 1.54) is 0 Å². The summed E-state index contributed by atoms with van der Waals surface area (Å²) in [5, 5.41) is 18.4. The predicted octanol–water partition coefficient (Wildman–Crippen LogP) is 2.03. The third kappa shape index (κ3) is 3.05. The average Bonchev–Trinajstić information content (AvgIpc) is 2.28. The molecule has 0 saturated carbocycles. The van der Waals surface area contributed by atoms with Gasteiger partial charge in [0.2, 0.25) is 0 Å². The Labute approximate surface area is 89.9 Å². The Morgan fingerprint density at radius 3 is 2.47 bits per heavy atom. The summed E-state index contributed by atoms with van der Waals surface area (Å²) in [4.78, 5) is 0. The lowest BCUT2D eigenvalue weighted by molar-refractivity contribution is 0.142. The summed E-state index contributed by atoms with van der Waals surface area (Å²) < 4.78 is 4.98. The van der Waals surface area contributed by atoms with Gasteiger partial charge in [0.15, 0.2) is 0 Å². The lowest BCUT2D eigenvalue weighted by Gasteiger charge is -2.13. The topological polar surface area (TPSA) is 53.2 Å². The Bertz CT molecular complexity index is 340. The first-order chi connectivity index (χ1) is 7.19. The second-order valence-electron chi connectivity index (χ2n) is 3.54. The summed E-state index contributed by atoms with van der Waals surface area (Å²) >= 11 is 0. The van der Waals surface area contributed by atoms with E-state index in [4.69, 9.17) is 10.00 Å². The summed E-state index contributed by atoms with van der Waals surface area (Å²) in [5.41, 5.74) is 1.82. The molecule has 1 aromatic carbocycles. The van der Waals surface area contributed by atoms with Crippen LogP contribution in [0.3, 0.4) is 0 Å². The third-order valence-corrected chi connectivity index (χ3v) is 2.31. The van der Waals surface area contributed by atoms with Gasteiger partial charge in [-0.05, 0) is 18.1 Å². The van der Waals surface area contributed by atoms with E-state index in [9.17, 15) is 5.11 Å². The zero-order chi connectivity index (χ0) is 11.3. The van der Waals surface area contributed by atoms with Crippen molar-refractivity contribution in [1.29, 1.82) is 5.26 Å². The lowest BCUT2D eigenvalue weighted by atomic mass is 9.98. The maximum atomic E-state index is 9.76. The van der Waals surface area contributed by atoms with Gasteiger partial charge in [0, 0.05) is 7.11 Å². The Kier molecular flexibility index (Phi) is 4.29. The molecule has 2 atom stereocenters. The molecule has 0 radical (unpaired) electrons. The molecular weight excluding hydrogens is 190 g/mol. The fraction of sp³-hybridized carbons (Fsp3) is 0.417. The first kappa shape index (κ1) is 11.7. The number of aliphatic hydroxyl groups is 1. The molecule has 0 aromatic heterocycles. The van der Waals surface area contributed by atoms with Crippen LogP contribution in [0.5, 0.6) is 0 Å². The van der Waals surface area contributed by atoms with Crippen LogP contribution < -0.4 is 0 Å². The van der Waals surface area contributed by atoms with Gasteiger partial charge in [-0.1, -0.05) is 24.3 Å². The SMILES string of the molecule is COCc1ccc(C(O)C(C)C#N)cc1. The maximum absolute atomic E-state index is 9.76. The molecule has 0 aliphatic heterocycles. The van der Waals surface area contributed by atoms with E-state index in [0.29, 0.717) is 6.61 Å². The van der Waals surface area contributed by atoms with Gasteiger partial charge in [-0.2, -0.15) is 5.26 Å². The fourth-order valence-corrected chi connectivity index (χ4v) is 1.34. The van der Waals surface area contributed by atoms with Crippen molar-refractivity contribution in [2.45, 2.75) is 19.6 Å². The summed E-state index contributed by atoms with van der Waals surface area (Å²) in [7, 11) is 1.64. The van der Waals surface area contributed by atoms with Crippen LogP contribution in [0.1, 0.15) is 24.2 Å². The van der Waals surface area contributed by atoms with Crippen molar-refractivity contribution in [2.75, 3.05) is 7.11 Å². The van der Waals surface area contributed by atoms with Gasteiger partial charge in [-0.25, -0.2) is 0 Å². The highest BCUT2D eigenvalue weighted by Gasteiger charge is 2.15. The van der Waals surface area contributed by atoms with E-state index in [1.807, 2.05) is 30.3 Å². The zero-order valence-corrected chi connectivity index (χ0v) is 8.97. The van der Waals surface area contributed by atoms with E-state index in [1.54, 1.807) is 14.0 Å². The van der Waals surface area contributed by atoms with E-state index in [-0.39, 0.29) is 0 Å². The molecule has 0 bridgehead atoms. The quantitative estimate of drug-likeness (QED) is 0.818. The molecule has 1 rings (SSSR count). The molecule has 0 saturated heterocycles. The number of nitrogens with zero attached hydrogens (tertiary/aromatic N) is 1. The van der Waals surface area contributed by atoms with Crippen molar-refractivity contribution in [3.8, 4) is 6.07 Å². The third-order valence-electron chi connectivity index (χ3n) is 2.31. The van der Waals surface area contributed by atoms with Crippen LogP contribution in [0.2, 0.25) is 0 Å². The minimum Gasteiger partial charge on any atom is -0.387 e. The number of benzene rings is 1. The van der Waals surface area contributed by atoms with Gasteiger partial charge in [-0.3, -0.25) is 0 Å². The highest BCUT2D eigenvalue weighted by molar-refractivity contribution is 5.24. The van der Waals surface area contributed by atoms with E-state index in [0.717, 1.165) is 11.1 Å². The highest BCUT2D eigenvalue weighted by Crippen LogP contribution is 2.21. The first-order valence-corrected chi connectivity index (χ1v) is 4.84. The standard InChI is InChI=1S/C12H15NO2/c1-9(7-13)12(14)11-5-3-10(4-6-11)8-15-2/h3-6,9,12,14H,8H2,1-2H3. The number of aliphatic hydroxyl groups excluding tert-OH is 1. The fourth-order valence-electron chi connectivity index (χ4n) is 1.34. The molecule has 15 heavy (non-hydrogen) atoms. The molecule has 3 heteroatoms. The second-order valence-corrected chi connectivity index (χ2v) is 3.54. The number of ether oxygens (including phenoxy) is 1. The van der Waals surface area contributed by atoms with Crippen molar-refractivity contribution in [3.05, 3.63) is 35.4 Å². The lowest BCUT2D eigenvalue weighted by Crippen LogP contribution is -2.06. The molecule has 3 nitrogen and oxygen atoms in total. The van der Waals surface area contributed by atoms with Gasteiger partial charge >= 0.3 is 0 Å². The van der Waals surface area contributed by atoms with Crippen LogP contribution >= 0.6 is 0 Å². The summed E-state index contributed by atoms with van der Waals surface area (Å²) in [5.74, 6) is -0.390. The van der Waals surface area contributed by atoms with Crippen LogP contribution in [-0.4, -0.2) is 12.2 Å². The van der Waals surface area contributed by atoms with Gasteiger partial charge in [0.1, 0.15) is 0 Å². The summed E-state index contributed by atoms with van der Waals surface area (Å²) in [6, 6.07) is 9.47. The van der Waals surface area contributed by atoms with E-state index < -0.39 is 12.0 Å². The minimum absolute atomic E-state index is 0.390. The molecular formula is C12H15NO2. The van der Waals surface area contributed by atoms with Crippen molar-refractivity contribution in [1.82, 2.24) is 0 Å². The zero-order valence-electron chi connectivity index (χ0n) is 8.97. The molecule has 0 spiro atoms. The summed E-state index contributed by atoms with van der Waals surface area (Å²) in [6.45, 7) is 2.26. The van der Waals surface area contributed by atoms with Crippen LogP contribution in [-0.2, 0) is 11.3 Å². The van der Waals surface area contributed by atoms with Crippen LogP contribution in [0.25, 0.3) is 0 Å². The van der Waals surface area contributed by atoms with Gasteiger partial charge < -0.3 is 9.84 Å². The van der Waals surface area contributed by atoms with Crippen molar-refractivity contribution in [2.24, 2.45) is 5.92 Å².